The Balaban J connectivity index is 0. The first-order valence-electron chi connectivity index (χ1n) is 3.20. The number of hydrogen-bond acceptors (Lipinski definition) is 3. The van der Waals surface area contributed by atoms with Crippen molar-refractivity contribution in [3.63, 3.8) is 0 Å². The molecule has 0 aromatic heterocycles. The van der Waals surface area contributed by atoms with Gasteiger partial charge in [0.1, 0.15) is 0 Å². The van der Waals surface area contributed by atoms with Crippen LogP contribution in [0.15, 0.2) is 0 Å². The molecule has 62 valence electrons. The molecule has 0 aromatic rings. The van der Waals surface area contributed by atoms with Crippen LogP contribution in [-0.2, 0) is 9.53 Å². The van der Waals surface area contributed by atoms with E-state index < -0.39 is 0 Å². The minimum atomic E-state index is -0.245. The Labute approximate surface area is 62.0 Å². The predicted molar refractivity (Wildman–Crippen MR) is 39.6 cm³/mol. The van der Waals surface area contributed by atoms with Gasteiger partial charge in [0.25, 0.3) is 0 Å². The third-order valence-electron chi connectivity index (χ3n) is 0.653. The highest BCUT2D eigenvalue weighted by atomic mass is 16.5. The first-order valence-corrected chi connectivity index (χ1v) is 3.20. The lowest BCUT2D eigenvalue weighted by Crippen LogP contribution is -1.90. The van der Waals surface area contributed by atoms with Gasteiger partial charge in [-0.15, -0.1) is 0 Å². The summed E-state index contributed by atoms with van der Waals surface area (Å²) in [6.07, 6.45) is 0. The quantitative estimate of drug-likeness (QED) is 0.560. The Hall–Kier alpha value is -0.570. The van der Waals surface area contributed by atoms with Crippen molar-refractivity contribution in [3.05, 3.63) is 0 Å². The summed E-state index contributed by atoms with van der Waals surface area (Å²) in [5, 5.41) is 8.14. The molecule has 3 heteroatoms. The SMILES string of the molecule is CC(C)CO.COC(C)=O. The van der Waals surface area contributed by atoms with E-state index >= 15 is 0 Å². The molecule has 0 bridgehead atoms. The summed E-state index contributed by atoms with van der Waals surface area (Å²) in [5.74, 6) is 0.194. The molecule has 0 aliphatic heterocycles. The van der Waals surface area contributed by atoms with Gasteiger partial charge in [-0.25, -0.2) is 0 Å². The Morgan fingerprint density at radius 2 is 1.80 bits per heavy atom. The van der Waals surface area contributed by atoms with Crippen LogP contribution >= 0.6 is 0 Å². The molecule has 0 heterocycles. The van der Waals surface area contributed by atoms with Crippen molar-refractivity contribution in [2.75, 3.05) is 13.7 Å². The number of aliphatic hydroxyl groups is 1. The zero-order valence-electron chi connectivity index (χ0n) is 7.05. The van der Waals surface area contributed by atoms with Crippen molar-refractivity contribution in [3.8, 4) is 0 Å². The molecule has 0 atom stereocenters. The summed E-state index contributed by atoms with van der Waals surface area (Å²) in [4.78, 5) is 9.59. The number of ether oxygens (including phenoxy) is 1. The van der Waals surface area contributed by atoms with E-state index in [2.05, 4.69) is 4.74 Å². The van der Waals surface area contributed by atoms with Gasteiger partial charge < -0.3 is 9.84 Å². The molecule has 0 rings (SSSR count). The van der Waals surface area contributed by atoms with Crippen molar-refractivity contribution < 1.29 is 14.6 Å². The van der Waals surface area contributed by atoms with E-state index in [1.807, 2.05) is 13.8 Å². The molecule has 10 heavy (non-hydrogen) atoms. The van der Waals surface area contributed by atoms with E-state index in [4.69, 9.17) is 5.11 Å². The third kappa shape index (κ3) is 26.1. The summed E-state index contributed by atoms with van der Waals surface area (Å²) in [6.45, 7) is 5.61. The number of aliphatic hydroxyl groups excluding tert-OH is 1. The maximum atomic E-state index is 9.59. The average Bonchev–Trinajstić information content (AvgIpc) is 1.89. The lowest BCUT2D eigenvalue weighted by molar-refractivity contribution is -0.137. The zero-order valence-corrected chi connectivity index (χ0v) is 7.05. The second-order valence-electron chi connectivity index (χ2n) is 2.27. The first kappa shape index (κ1) is 12.1. The normalized spacial score (nSPS) is 8.20. The summed E-state index contributed by atoms with van der Waals surface area (Å²) in [5.41, 5.74) is 0. The molecule has 3 nitrogen and oxygen atoms in total. The standard InChI is InChI=1S/C4H10O.C3H6O2/c1-4(2)3-5;1-3(4)5-2/h4-5H,3H2,1-2H3;1-2H3. The van der Waals surface area contributed by atoms with Crippen molar-refractivity contribution in [2.24, 2.45) is 5.92 Å². The molecule has 0 saturated carbocycles. The van der Waals surface area contributed by atoms with Crippen LogP contribution in [0.5, 0.6) is 0 Å². The molecule has 0 aliphatic carbocycles. The van der Waals surface area contributed by atoms with Gasteiger partial charge in [0.05, 0.1) is 7.11 Å². The van der Waals surface area contributed by atoms with Crippen LogP contribution in [0.1, 0.15) is 20.8 Å². The minimum absolute atomic E-state index is 0.245. The fraction of sp³-hybridized carbons (Fsp3) is 0.857. The Morgan fingerprint density at radius 1 is 1.60 bits per heavy atom. The lowest BCUT2D eigenvalue weighted by Gasteiger charge is -1.90. The van der Waals surface area contributed by atoms with Gasteiger partial charge in [0.15, 0.2) is 0 Å². The summed E-state index contributed by atoms with van der Waals surface area (Å²) < 4.78 is 4.11. The average molecular weight is 148 g/mol. The van der Waals surface area contributed by atoms with Crippen LogP contribution in [-0.4, -0.2) is 24.8 Å². The van der Waals surface area contributed by atoms with E-state index in [9.17, 15) is 4.79 Å². The highest BCUT2D eigenvalue weighted by Gasteiger charge is 1.81. The highest BCUT2D eigenvalue weighted by molar-refractivity contribution is 5.65. The first-order chi connectivity index (χ1) is 4.54. The minimum Gasteiger partial charge on any atom is -0.469 e. The maximum absolute atomic E-state index is 9.59. The van der Waals surface area contributed by atoms with Crippen LogP contribution in [0, 0.1) is 5.92 Å². The van der Waals surface area contributed by atoms with Gasteiger partial charge in [0.2, 0.25) is 0 Å². The van der Waals surface area contributed by atoms with Crippen LogP contribution in [0.3, 0.4) is 0 Å². The molecule has 0 aromatic carbocycles. The monoisotopic (exact) mass is 148 g/mol. The molecular weight excluding hydrogens is 132 g/mol. The molecule has 0 radical (unpaired) electrons. The maximum Gasteiger partial charge on any atom is 0.302 e. The predicted octanol–water partition coefficient (Wildman–Crippen LogP) is 0.814. The summed E-state index contributed by atoms with van der Waals surface area (Å²) in [6, 6.07) is 0. The van der Waals surface area contributed by atoms with Crippen LogP contribution < -0.4 is 0 Å². The van der Waals surface area contributed by atoms with Crippen molar-refractivity contribution in [1.29, 1.82) is 0 Å². The molecule has 0 unspecified atom stereocenters. The smallest absolute Gasteiger partial charge is 0.302 e. The lowest BCUT2D eigenvalue weighted by atomic mass is 10.2. The Kier molecular flexibility index (Phi) is 10.2. The van der Waals surface area contributed by atoms with Crippen molar-refractivity contribution >= 4 is 5.97 Å². The van der Waals surface area contributed by atoms with Gasteiger partial charge in [-0.2, -0.15) is 0 Å². The van der Waals surface area contributed by atoms with Gasteiger partial charge in [-0.05, 0) is 5.92 Å². The number of hydrogen-bond donors (Lipinski definition) is 1. The fourth-order valence-electron chi connectivity index (χ4n) is 0. The number of methoxy groups -OCH3 is 1. The second kappa shape index (κ2) is 8.43. The number of rotatable bonds is 1. The van der Waals surface area contributed by atoms with Gasteiger partial charge in [-0.1, -0.05) is 13.8 Å². The molecule has 1 N–H and O–H groups in total. The van der Waals surface area contributed by atoms with Gasteiger partial charge in [0, 0.05) is 13.5 Å². The largest absolute Gasteiger partial charge is 0.469 e. The van der Waals surface area contributed by atoms with E-state index in [0.29, 0.717) is 12.5 Å². The van der Waals surface area contributed by atoms with E-state index in [0.717, 1.165) is 0 Å². The molecular formula is C7H16O3. The fourth-order valence-corrected chi connectivity index (χ4v) is 0. The summed E-state index contributed by atoms with van der Waals surface area (Å²) >= 11 is 0. The molecule has 0 fully saturated rings. The topological polar surface area (TPSA) is 46.5 Å². The van der Waals surface area contributed by atoms with Gasteiger partial charge in [-0.3, -0.25) is 4.79 Å². The number of carbonyl (C=O) groups excluding carboxylic acids is 1. The van der Waals surface area contributed by atoms with Crippen molar-refractivity contribution in [1.82, 2.24) is 0 Å². The van der Waals surface area contributed by atoms with E-state index in [-0.39, 0.29) is 5.97 Å². The highest BCUT2D eigenvalue weighted by Crippen LogP contribution is 1.83. The molecule has 0 saturated heterocycles. The molecule has 0 amide bonds. The third-order valence-corrected chi connectivity index (χ3v) is 0.653. The number of carbonyl (C=O) groups is 1. The van der Waals surface area contributed by atoms with E-state index in [1.54, 1.807) is 0 Å². The summed E-state index contributed by atoms with van der Waals surface area (Å²) in [7, 11) is 1.35. The number of esters is 1. The molecule has 0 spiro atoms. The second-order valence-corrected chi connectivity index (χ2v) is 2.27. The Bertz CT molecular complexity index is 78.9. The van der Waals surface area contributed by atoms with E-state index in [1.165, 1.54) is 14.0 Å². The van der Waals surface area contributed by atoms with Crippen LogP contribution in [0.2, 0.25) is 0 Å². The van der Waals surface area contributed by atoms with Crippen LogP contribution in [0.4, 0.5) is 0 Å². The van der Waals surface area contributed by atoms with Crippen molar-refractivity contribution in [2.45, 2.75) is 20.8 Å². The van der Waals surface area contributed by atoms with Crippen LogP contribution in [0.25, 0.3) is 0 Å². The zero-order chi connectivity index (χ0) is 8.57. The Morgan fingerprint density at radius 3 is 1.80 bits per heavy atom. The molecule has 0 aliphatic rings. The van der Waals surface area contributed by atoms with Gasteiger partial charge >= 0.3 is 5.97 Å².